The van der Waals surface area contributed by atoms with Crippen LogP contribution in [0.25, 0.3) is 11.0 Å². The SMILES string of the molecule is N#Cc1cccc2[nH]cnc12.O=CO. The molecule has 0 aliphatic rings. The van der Waals surface area contributed by atoms with Crippen LogP contribution in [0, 0.1) is 11.3 Å². The highest BCUT2D eigenvalue weighted by Crippen LogP contribution is 2.12. The van der Waals surface area contributed by atoms with Crippen LogP contribution >= 0.6 is 0 Å². The number of nitrogens with zero attached hydrogens (tertiary/aromatic N) is 2. The molecule has 1 aromatic heterocycles. The third-order valence-corrected chi connectivity index (χ3v) is 1.57. The van der Waals surface area contributed by atoms with Crippen molar-refractivity contribution in [2.45, 2.75) is 0 Å². The highest BCUT2D eigenvalue weighted by Gasteiger charge is 1.99. The van der Waals surface area contributed by atoms with Gasteiger partial charge in [-0.15, -0.1) is 0 Å². The monoisotopic (exact) mass is 189 g/mol. The zero-order valence-electron chi connectivity index (χ0n) is 7.14. The number of para-hydroxylation sites is 1. The Bertz CT molecular complexity index is 470. The van der Waals surface area contributed by atoms with Gasteiger partial charge >= 0.3 is 0 Å². The van der Waals surface area contributed by atoms with Gasteiger partial charge in [-0.25, -0.2) is 4.98 Å². The van der Waals surface area contributed by atoms with E-state index in [1.807, 2.05) is 12.1 Å². The van der Waals surface area contributed by atoms with Crippen molar-refractivity contribution in [1.29, 1.82) is 5.26 Å². The molecule has 1 heterocycles. The Balaban J connectivity index is 0.000000293. The third kappa shape index (κ3) is 1.87. The van der Waals surface area contributed by atoms with E-state index in [9.17, 15) is 0 Å². The molecule has 0 saturated carbocycles. The van der Waals surface area contributed by atoms with Crippen LogP contribution in [0.15, 0.2) is 24.5 Å². The fraction of sp³-hybridized carbons (Fsp3) is 0. The van der Waals surface area contributed by atoms with E-state index in [2.05, 4.69) is 16.0 Å². The molecule has 5 heteroatoms. The molecule has 0 aliphatic heterocycles. The summed E-state index contributed by atoms with van der Waals surface area (Å²) in [6.45, 7) is -0.250. The number of imidazole rings is 1. The van der Waals surface area contributed by atoms with E-state index >= 15 is 0 Å². The van der Waals surface area contributed by atoms with Gasteiger partial charge < -0.3 is 10.1 Å². The Hall–Kier alpha value is -2.35. The lowest BCUT2D eigenvalue weighted by molar-refractivity contribution is -0.122. The number of nitrogens with one attached hydrogen (secondary N) is 1. The van der Waals surface area contributed by atoms with Crippen LogP contribution in [0.1, 0.15) is 5.56 Å². The minimum Gasteiger partial charge on any atom is -0.483 e. The first-order valence-corrected chi connectivity index (χ1v) is 3.73. The Kier molecular flexibility index (Phi) is 3.21. The average Bonchev–Trinajstić information content (AvgIpc) is 2.66. The molecular formula is C9H7N3O2. The number of fused-ring (bicyclic) bond motifs is 1. The molecule has 0 fully saturated rings. The summed E-state index contributed by atoms with van der Waals surface area (Å²) in [5.74, 6) is 0. The Morgan fingerprint density at radius 1 is 1.57 bits per heavy atom. The van der Waals surface area contributed by atoms with Crippen LogP contribution < -0.4 is 0 Å². The molecule has 1 aromatic carbocycles. The lowest BCUT2D eigenvalue weighted by Gasteiger charge is -1.88. The summed E-state index contributed by atoms with van der Waals surface area (Å²) >= 11 is 0. The maximum atomic E-state index is 8.65. The topological polar surface area (TPSA) is 89.8 Å². The third-order valence-electron chi connectivity index (χ3n) is 1.57. The van der Waals surface area contributed by atoms with E-state index in [0.29, 0.717) is 5.56 Å². The van der Waals surface area contributed by atoms with Gasteiger partial charge in [0.1, 0.15) is 11.6 Å². The summed E-state index contributed by atoms with van der Waals surface area (Å²) in [5, 5.41) is 15.5. The number of aromatic amines is 1. The van der Waals surface area contributed by atoms with Gasteiger partial charge in [0.25, 0.3) is 6.47 Å². The van der Waals surface area contributed by atoms with Crippen LogP contribution in [0.5, 0.6) is 0 Å². The van der Waals surface area contributed by atoms with Gasteiger partial charge in [0.2, 0.25) is 0 Å². The van der Waals surface area contributed by atoms with Crippen molar-refractivity contribution in [3.05, 3.63) is 30.1 Å². The van der Waals surface area contributed by atoms with Crippen molar-refractivity contribution in [2.24, 2.45) is 0 Å². The van der Waals surface area contributed by atoms with Crippen molar-refractivity contribution >= 4 is 17.5 Å². The molecule has 0 unspecified atom stereocenters. The standard InChI is InChI=1S/C8H5N3.CH2O2/c9-4-6-2-1-3-7-8(6)11-5-10-7;2-1-3/h1-3,5H,(H,10,11);1H,(H,2,3). The van der Waals surface area contributed by atoms with Gasteiger partial charge in [-0.3, -0.25) is 4.79 Å². The Morgan fingerprint density at radius 3 is 2.93 bits per heavy atom. The van der Waals surface area contributed by atoms with Crippen molar-refractivity contribution in [3.8, 4) is 6.07 Å². The van der Waals surface area contributed by atoms with Gasteiger partial charge in [-0.2, -0.15) is 5.26 Å². The average molecular weight is 189 g/mol. The van der Waals surface area contributed by atoms with E-state index in [1.165, 1.54) is 0 Å². The molecular weight excluding hydrogens is 182 g/mol. The molecule has 70 valence electrons. The Morgan fingerprint density at radius 2 is 2.29 bits per heavy atom. The van der Waals surface area contributed by atoms with Crippen LogP contribution in [-0.4, -0.2) is 21.5 Å². The van der Waals surface area contributed by atoms with Crippen molar-refractivity contribution in [3.63, 3.8) is 0 Å². The molecule has 2 rings (SSSR count). The predicted molar refractivity (Wildman–Crippen MR) is 49.5 cm³/mol. The van der Waals surface area contributed by atoms with E-state index in [-0.39, 0.29) is 6.47 Å². The summed E-state index contributed by atoms with van der Waals surface area (Å²) < 4.78 is 0. The number of carboxylic acid groups (broad SMARTS) is 1. The van der Waals surface area contributed by atoms with Gasteiger partial charge in [-0.05, 0) is 12.1 Å². The van der Waals surface area contributed by atoms with Gasteiger partial charge in [0.05, 0.1) is 17.4 Å². The quantitative estimate of drug-likeness (QED) is 0.608. The van der Waals surface area contributed by atoms with Gasteiger partial charge in [0, 0.05) is 0 Å². The fourth-order valence-electron chi connectivity index (χ4n) is 1.06. The second-order valence-electron chi connectivity index (χ2n) is 2.32. The molecule has 0 amide bonds. The van der Waals surface area contributed by atoms with Crippen LogP contribution in [-0.2, 0) is 4.79 Å². The molecule has 0 saturated heterocycles. The minimum atomic E-state index is -0.250. The lowest BCUT2D eigenvalue weighted by atomic mass is 10.2. The van der Waals surface area contributed by atoms with Gasteiger partial charge in [-0.1, -0.05) is 6.07 Å². The summed E-state index contributed by atoms with van der Waals surface area (Å²) in [4.78, 5) is 15.3. The van der Waals surface area contributed by atoms with Crippen LogP contribution in [0.2, 0.25) is 0 Å². The van der Waals surface area contributed by atoms with E-state index in [1.54, 1.807) is 12.4 Å². The summed E-state index contributed by atoms with van der Waals surface area (Å²) in [6, 6.07) is 7.55. The molecule has 2 aromatic rings. The number of hydrogen-bond donors (Lipinski definition) is 2. The largest absolute Gasteiger partial charge is 0.483 e. The fourth-order valence-corrected chi connectivity index (χ4v) is 1.06. The minimum absolute atomic E-state index is 0.250. The number of nitriles is 1. The van der Waals surface area contributed by atoms with Crippen LogP contribution in [0.4, 0.5) is 0 Å². The summed E-state index contributed by atoms with van der Waals surface area (Å²) in [5.41, 5.74) is 2.27. The number of rotatable bonds is 0. The summed E-state index contributed by atoms with van der Waals surface area (Å²) in [7, 11) is 0. The van der Waals surface area contributed by atoms with E-state index < -0.39 is 0 Å². The maximum Gasteiger partial charge on any atom is 0.290 e. The highest BCUT2D eigenvalue weighted by molar-refractivity contribution is 5.80. The zero-order valence-corrected chi connectivity index (χ0v) is 7.14. The zero-order chi connectivity index (χ0) is 10.4. The molecule has 0 atom stereocenters. The highest BCUT2D eigenvalue weighted by atomic mass is 16.3. The number of hydrogen-bond acceptors (Lipinski definition) is 3. The predicted octanol–water partition coefficient (Wildman–Crippen LogP) is 1.14. The second kappa shape index (κ2) is 4.62. The summed E-state index contributed by atoms with van der Waals surface area (Å²) in [6.07, 6.45) is 1.59. The first kappa shape index (κ1) is 9.74. The molecule has 0 spiro atoms. The molecule has 5 nitrogen and oxygen atoms in total. The smallest absolute Gasteiger partial charge is 0.290 e. The number of carbonyl (C=O) groups is 1. The Labute approximate surface area is 79.6 Å². The normalized spacial score (nSPS) is 8.50. The molecule has 0 radical (unpaired) electrons. The first-order valence-electron chi connectivity index (χ1n) is 3.73. The van der Waals surface area contributed by atoms with Crippen LogP contribution in [0.3, 0.4) is 0 Å². The molecule has 0 bridgehead atoms. The van der Waals surface area contributed by atoms with E-state index in [0.717, 1.165) is 11.0 Å². The first-order chi connectivity index (χ1) is 6.83. The van der Waals surface area contributed by atoms with E-state index in [4.69, 9.17) is 15.2 Å². The van der Waals surface area contributed by atoms with Crippen molar-refractivity contribution in [1.82, 2.24) is 9.97 Å². The molecule has 0 aliphatic carbocycles. The molecule has 2 N–H and O–H groups in total. The van der Waals surface area contributed by atoms with Crippen molar-refractivity contribution < 1.29 is 9.90 Å². The van der Waals surface area contributed by atoms with Gasteiger partial charge in [0.15, 0.2) is 0 Å². The number of aromatic nitrogens is 2. The number of H-pyrrole nitrogens is 1. The number of benzene rings is 1. The maximum absolute atomic E-state index is 8.65. The molecule has 14 heavy (non-hydrogen) atoms. The van der Waals surface area contributed by atoms with Crippen molar-refractivity contribution in [2.75, 3.05) is 0 Å². The lowest BCUT2D eigenvalue weighted by Crippen LogP contribution is -1.75. The second-order valence-corrected chi connectivity index (χ2v) is 2.32.